The predicted molar refractivity (Wildman–Crippen MR) is 75.3 cm³/mol. The lowest BCUT2D eigenvalue weighted by molar-refractivity contribution is 0.292. The van der Waals surface area contributed by atoms with Gasteiger partial charge in [-0.2, -0.15) is 0 Å². The molecule has 1 fully saturated rings. The van der Waals surface area contributed by atoms with Gasteiger partial charge in [-0.15, -0.1) is 0 Å². The Morgan fingerprint density at radius 1 is 1.22 bits per heavy atom. The standard InChI is InChI=1S/C15H24N2O/c1-12-3-4-15(11-13(12)2)18-10-9-17-14-5-7-16-8-6-14/h3-4,11,14,16-17H,5-10H2,1-2H3. The van der Waals surface area contributed by atoms with Gasteiger partial charge in [0.1, 0.15) is 12.4 Å². The zero-order chi connectivity index (χ0) is 12.8. The van der Waals surface area contributed by atoms with Crippen LogP contribution in [0.2, 0.25) is 0 Å². The molecule has 0 aromatic heterocycles. The molecule has 0 spiro atoms. The topological polar surface area (TPSA) is 33.3 Å². The number of nitrogens with one attached hydrogen (secondary N) is 2. The zero-order valence-corrected chi connectivity index (χ0v) is 11.5. The lowest BCUT2D eigenvalue weighted by Gasteiger charge is -2.23. The number of rotatable bonds is 5. The first-order chi connectivity index (χ1) is 8.75. The monoisotopic (exact) mass is 248 g/mol. The zero-order valence-electron chi connectivity index (χ0n) is 11.5. The first-order valence-electron chi connectivity index (χ1n) is 6.90. The minimum Gasteiger partial charge on any atom is -0.492 e. The van der Waals surface area contributed by atoms with Crippen molar-refractivity contribution in [1.82, 2.24) is 10.6 Å². The van der Waals surface area contributed by atoms with E-state index in [4.69, 9.17) is 4.74 Å². The van der Waals surface area contributed by atoms with Crippen LogP contribution >= 0.6 is 0 Å². The average Bonchev–Trinajstić information content (AvgIpc) is 2.40. The predicted octanol–water partition coefficient (Wildman–Crippen LogP) is 2.02. The largest absolute Gasteiger partial charge is 0.492 e. The van der Waals surface area contributed by atoms with Crippen LogP contribution in [0.25, 0.3) is 0 Å². The Balaban J connectivity index is 1.66. The Morgan fingerprint density at radius 2 is 2.00 bits per heavy atom. The fourth-order valence-electron chi connectivity index (χ4n) is 2.26. The quantitative estimate of drug-likeness (QED) is 0.782. The summed E-state index contributed by atoms with van der Waals surface area (Å²) in [6, 6.07) is 6.94. The van der Waals surface area contributed by atoms with Crippen LogP contribution in [-0.2, 0) is 0 Å². The molecule has 0 saturated carbocycles. The average molecular weight is 248 g/mol. The van der Waals surface area contributed by atoms with E-state index >= 15 is 0 Å². The van der Waals surface area contributed by atoms with E-state index in [1.807, 2.05) is 6.07 Å². The number of ether oxygens (including phenoxy) is 1. The van der Waals surface area contributed by atoms with Crippen molar-refractivity contribution in [1.29, 1.82) is 0 Å². The van der Waals surface area contributed by atoms with E-state index in [0.29, 0.717) is 6.04 Å². The lowest BCUT2D eigenvalue weighted by atomic mass is 10.1. The van der Waals surface area contributed by atoms with Gasteiger partial charge in [-0.25, -0.2) is 0 Å². The molecule has 0 amide bonds. The first-order valence-corrected chi connectivity index (χ1v) is 6.90. The van der Waals surface area contributed by atoms with Gasteiger partial charge in [-0.3, -0.25) is 0 Å². The second-order valence-electron chi connectivity index (χ2n) is 5.07. The van der Waals surface area contributed by atoms with Crippen LogP contribution in [-0.4, -0.2) is 32.3 Å². The van der Waals surface area contributed by atoms with Crippen molar-refractivity contribution in [3.63, 3.8) is 0 Å². The van der Waals surface area contributed by atoms with Gasteiger partial charge in [0.25, 0.3) is 0 Å². The second-order valence-corrected chi connectivity index (χ2v) is 5.07. The molecule has 0 bridgehead atoms. The molecule has 3 heteroatoms. The van der Waals surface area contributed by atoms with E-state index in [0.717, 1.165) is 32.0 Å². The number of benzene rings is 1. The Kier molecular flexibility index (Phi) is 5.02. The molecule has 1 aliphatic rings. The summed E-state index contributed by atoms with van der Waals surface area (Å²) in [6.45, 7) is 8.18. The summed E-state index contributed by atoms with van der Waals surface area (Å²) < 4.78 is 5.75. The Hall–Kier alpha value is -1.06. The highest BCUT2D eigenvalue weighted by atomic mass is 16.5. The molecule has 0 atom stereocenters. The highest BCUT2D eigenvalue weighted by Gasteiger charge is 2.11. The molecule has 0 aliphatic carbocycles. The van der Waals surface area contributed by atoms with Crippen LogP contribution in [0.3, 0.4) is 0 Å². The summed E-state index contributed by atoms with van der Waals surface area (Å²) in [5.41, 5.74) is 2.61. The maximum absolute atomic E-state index is 5.75. The molecule has 2 N–H and O–H groups in total. The van der Waals surface area contributed by atoms with E-state index in [-0.39, 0.29) is 0 Å². The van der Waals surface area contributed by atoms with E-state index < -0.39 is 0 Å². The Bertz CT molecular complexity index is 373. The fraction of sp³-hybridized carbons (Fsp3) is 0.600. The molecule has 100 valence electrons. The van der Waals surface area contributed by atoms with Gasteiger partial charge in [-0.05, 0) is 63.0 Å². The third-order valence-electron chi connectivity index (χ3n) is 3.62. The third-order valence-corrected chi connectivity index (χ3v) is 3.62. The van der Waals surface area contributed by atoms with Crippen molar-refractivity contribution < 1.29 is 4.74 Å². The number of hydrogen-bond donors (Lipinski definition) is 2. The summed E-state index contributed by atoms with van der Waals surface area (Å²) in [4.78, 5) is 0. The molecule has 18 heavy (non-hydrogen) atoms. The van der Waals surface area contributed by atoms with E-state index in [1.54, 1.807) is 0 Å². The summed E-state index contributed by atoms with van der Waals surface area (Å²) in [5, 5.41) is 6.92. The van der Waals surface area contributed by atoms with Crippen molar-refractivity contribution in [3.05, 3.63) is 29.3 Å². The van der Waals surface area contributed by atoms with Crippen LogP contribution in [0, 0.1) is 13.8 Å². The van der Waals surface area contributed by atoms with Crippen LogP contribution in [0.15, 0.2) is 18.2 Å². The summed E-state index contributed by atoms with van der Waals surface area (Å²) in [6.07, 6.45) is 2.45. The summed E-state index contributed by atoms with van der Waals surface area (Å²) in [7, 11) is 0. The Labute approximate surface area is 110 Å². The molecule has 2 rings (SSSR count). The smallest absolute Gasteiger partial charge is 0.119 e. The van der Waals surface area contributed by atoms with Gasteiger partial charge in [0, 0.05) is 12.6 Å². The van der Waals surface area contributed by atoms with Crippen LogP contribution < -0.4 is 15.4 Å². The van der Waals surface area contributed by atoms with Crippen molar-refractivity contribution in [2.75, 3.05) is 26.2 Å². The highest BCUT2D eigenvalue weighted by molar-refractivity contribution is 5.33. The highest BCUT2D eigenvalue weighted by Crippen LogP contribution is 2.16. The van der Waals surface area contributed by atoms with Crippen molar-refractivity contribution in [3.8, 4) is 5.75 Å². The number of piperidine rings is 1. The second kappa shape index (κ2) is 6.76. The van der Waals surface area contributed by atoms with Gasteiger partial charge < -0.3 is 15.4 Å². The summed E-state index contributed by atoms with van der Waals surface area (Å²) >= 11 is 0. The molecule has 0 radical (unpaired) electrons. The minimum absolute atomic E-state index is 0.662. The molecular formula is C15H24N2O. The van der Waals surface area contributed by atoms with Gasteiger partial charge >= 0.3 is 0 Å². The first kappa shape index (κ1) is 13.4. The third kappa shape index (κ3) is 4.00. The number of hydrogen-bond acceptors (Lipinski definition) is 3. The molecule has 1 aromatic rings. The molecule has 1 saturated heterocycles. The molecule has 0 unspecified atom stereocenters. The van der Waals surface area contributed by atoms with Gasteiger partial charge in [0.05, 0.1) is 0 Å². The maximum Gasteiger partial charge on any atom is 0.119 e. The molecular weight excluding hydrogens is 224 g/mol. The van der Waals surface area contributed by atoms with Crippen molar-refractivity contribution >= 4 is 0 Å². The van der Waals surface area contributed by atoms with E-state index in [9.17, 15) is 0 Å². The van der Waals surface area contributed by atoms with Gasteiger partial charge in [0.15, 0.2) is 0 Å². The lowest BCUT2D eigenvalue weighted by Crippen LogP contribution is -2.41. The normalized spacial score (nSPS) is 16.8. The molecule has 1 aliphatic heterocycles. The van der Waals surface area contributed by atoms with Crippen LogP contribution in [0.1, 0.15) is 24.0 Å². The van der Waals surface area contributed by atoms with Crippen molar-refractivity contribution in [2.45, 2.75) is 32.7 Å². The Morgan fingerprint density at radius 3 is 2.72 bits per heavy atom. The van der Waals surface area contributed by atoms with E-state index in [2.05, 4.69) is 36.6 Å². The molecule has 1 aromatic carbocycles. The maximum atomic E-state index is 5.75. The van der Waals surface area contributed by atoms with Gasteiger partial charge in [-0.1, -0.05) is 6.07 Å². The molecule has 1 heterocycles. The van der Waals surface area contributed by atoms with Crippen LogP contribution in [0.5, 0.6) is 5.75 Å². The van der Waals surface area contributed by atoms with E-state index in [1.165, 1.54) is 24.0 Å². The van der Waals surface area contributed by atoms with Crippen molar-refractivity contribution in [2.24, 2.45) is 0 Å². The molecule has 3 nitrogen and oxygen atoms in total. The summed E-state index contributed by atoms with van der Waals surface area (Å²) in [5.74, 6) is 0.977. The number of aryl methyl sites for hydroxylation is 2. The SMILES string of the molecule is Cc1ccc(OCCNC2CCNCC2)cc1C. The minimum atomic E-state index is 0.662. The fourth-order valence-corrected chi connectivity index (χ4v) is 2.26. The van der Waals surface area contributed by atoms with Gasteiger partial charge in [0.2, 0.25) is 0 Å². The van der Waals surface area contributed by atoms with Crippen LogP contribution in [0.4, 0.5) is 0 Å².